The molecule has 0 aromatic heterocycles. The molecule has 2 atom stereocenters. The summed E-state index contributed by atoms with van der Waals surface area (Å²) in [6.07, 6.45) is 1.15. The lowest BCUT2D eigenvalue weighted by Crippen LogP contribution is -1.96. The van der Waals surface area contributed by atoms with E-state index in [2.05, 4.69) is 37.3 Å². The third kappa shape index (κ3) is 1.94. The van der Waals surface area contributed by atoms with Crippen molar-refractivity contribution < 1.29 is 0 Å². The average molecular weight is 277 g/mol. The molecular formula is C16H14Cl2. The Labute approximate surface area is 118 Å². The van der Waals surface area contributed by atoms with Gasteiger partial charge in [-0.05, 0) is 41.2 Å². The van der Waals surface area contributed by atoms with Crippen LogP contribution in [0.4, 0.5) is 0 Å². The van der Waals surface area contributed by atoms with Crippen LogP contribution in [0.2, 0.25) is 10.0 Å². The van der Waals surface area contributed by atoms with Crippen molar-refractivity contribution in [2.75, 3.05) is 0 Å². The van der Waals surface area contributed by atoms with Crippen molar-refractivity contribution in [1.82, 2.24) is 0 Å². The van der Waals surface area contributed by atoms with Crippen molar-refractivity contribution in [2.45, 2.75) is 25.2 Å². The fourth-order valence-electron chi connectivity index (χ4n) is 2.93. The van der Waals surface area contributed by atoms with Crippen LogP contribution in [0.1, 0.15) is 41.9 Å². The number of halogens is 2. The van der Waals surface area contributed by atoms with E-state index >= 15 is 0 Å². The van der Waals surface area contributed by atoms with Crippen LogP contribution >= 0.6 is 23.2 Å². The van der Waals surface area contributed by atoms with Crippen LogP contribution in [-0.2, 0) is 0 Å². The highest BCUT2D eigenvalue weighted by atomic mass is 35.5. The lowest BCUT2D eigenvalue weighted by Gasteiger charge is -2.13. The molecule has 0 amide bonds. The van der Waals surface area contributed by atoms with Gasteiger partial charge in [0.1, 0.15) is 0 Å². The van der Waals surface area contributed by atoms with Crippen LogP contribution in [0.5, 0.6) is 0 Å². The first-order valence-corrected chi connectivity index (χ1v) is 6.96. The second-order valence-electron chi connectivity index (χ2n) is 4.99. The zero-order valence-corrected chi connectivity index (χ0v) is 11.7. The minimum atomic E-state index is 0.450. The smallest absolute Gasteiger partial charge is 0.0595 e. The Morgan fingerprint density at radius 2 is 1.67 bits per heavy atom. The van der Waals surface area contributed by atoms with Crippen LogP contribution in [0, 0.1) is 0 Å². The van der Waals surface area contributed by atoms with Crippen molar-refractivity contribution in [3.8, 4) is 0 Å². The second kappa shape index (κ2) is 4.60. The van der Waals surface area contributed by atoms with Crippen LogP contribution in [-0.4, -0.2) is 0 Å². The van der Waals surface area contributed by atoms with E-state index in [4.69, 9.17) is 23.2 Å². The highest BCUT2D eigenvalue weighted by Crippen LogP contribution is 2.45. The standard InChI is InChI=1S/C16H14Cl2/c1-10-8-14(13-5-3-2-4-12(10)13)11-6-7-15(17)16(18)9-11/h2-7,9-10,14H,8H2,1H3/t10-,14-/m1/s1. The van der Waals surface area contributed by atoms with Crippen LogP contribution < -0.4 is 0 Å². The summed E-state index contributed by atoms with van der Waals surface area (Å²) in [7, 11) is 0. The molecule has 2 aromatic rings. The first-order valence-electron chi connectivity index (χ1n) is 6.20. The summed E-state index contributed by atoms with van der Waals surface area (Å²) >= 11 is 12.1. The SMILES string of the molecule is C[C@@H]1C[C@H](c2ccc(Cl)c(Cl)c2)c2ccccc21. The van der Waals surface area contributed by atoms with Gasteiger partial charge in [-0.3, -0.25) is 0 Å². The topological polar surface area (TPSA) is 0 Å². The van der Waals surface area contributed by atoms with E-state index in [-0.39, 0.29) is 0 Å². The van der Waals surface area contributed by atoms with Crippen molar-refractivity contribution in [3.63, 3.8) is 0 Å². The van der Waals surface area contributed by atoms with E-state index in [1.54, 1.807) is 0 Å². The Morgan fingerprint density at radius 3 is 2.39 bits per heavy atom. The molecule has 92 valence electrons. The zero-order valence-electron chi connectivity index (χ0n) is 10.2. The molecule has 2 aromatic carbocycles. The second-order valence-corrected chi connectivity index (χ2v) is 5.81. The summed E-state index contributed by atoms with van der Waals surface area (Å²) in [4.78, 5) is 0. The van der Waals surface area contributed by atoms with E-state index < -0.39 is 0 Å². The summed E-state index contributed by atoms with van der Waals surface area (Å²) in [5.74, 6) is 1.06. The fraction of sp³-hybridized carbons (Fsp3) is 0.250. The van der Waals surface area contributed by atoms with Gasteiger partial charge in [0.25, 0.3) is 0 Å². The molecule has 0 bridgehead atoms. The van der Waals surface area contributed by atoms with Gasteiger partial charge >= 0.3 is 0 Å². The normalized spacial score (nSPS) is 21.9. The van der Waals surface area contributed by atoms with E-state index in [9.17, 15) is 0 Å². The van der Waals surface area contributed by atoms with E-state index in [1.165, 1.54) is 16.7 Å². The first kappa shape index (κ1) is 12.1. The Balaban J connectivity index is 2.06. The van der Waals surface area contributed by atoms with Crippen LogP contribution in [0.25, 0.3) is 0 Å². The van der Waals surface area contributed by atoms with Gasteiger partial charge in [-0.2, -0.15) is 0 Å². The number of fused-ring (bicyclic) bond motifs is 1. The van der Waals surface area contributed by atoms with Crippen molar-refractivity contribution >= 4 is 23.2 Å². The summed E-state index contributed by atoms with van der Waals surface area (Å²) < 4.78 is 0. The third-order valence-electron chi connectivity index (χ3n) is 3.84. The first-order chi connectivity index (χ1) is 8.66. The Bertz CT molecular complexity index is 589. The van der Waals surface area contributed by atoms with Gasteiger partial charge in [0.05, 0.1) is 10.0 Å². The van der Waals surface area contributed by atoms with E-state index in [1.807, 2.05) is 12.1 Å². The van der Waals surface area contributed by atoms with Crippen molar-refractivity contribution in [3.05, 3.63) is 69.2 Å². The van der Waals surface area contributed by atoms with Crippen LogP contribution in [0.3, 0.4) is 0 Å². The zero-order chi connectivity index (χ0) is 12.7. The highest BCUT2D eigenvalue weighted by molar-refractivity contribution is 6.42. The van der Waals surface area contributed by atoms with E-state index in [0.717, 1.165) is 6.42 Å². The average Bonchev–Trinajstić information content (AvgIpc) is 2.71. The minimum absolute atomic E-state index is 0.450. The number of benzene rings is 2. The van der Waals surface area contributed by atoms with Gasteiger partial charge in [0.15, 0.2) is 0 Å². The maximum Gasteiger partial charge on any atom is 0.0595 e. The van der Waals surface area contributed by atoms with Crippen molar-refractivity contribution in [1.29, 1.82) is 0 Å². The maximum atomic E-state index is 6.12. The largest absolute Gasteiger partial charge is 0.0827 e. The number of rotatable bonds is 1. The molecule has 0 saturated carbocycles. The molecule has 0 spiro atoms. The Hall–Kier alpha value is -0.980. The minimum Gasteiger partial charge on any atom is -0.0827 e. The molecule has 1 aliphatic carbocycles. The molecule has 2 heteroatoms. The Morgan fingerprint density at radius 1 is 0.944 bits per heavy atom. The molecule has 0 unspecified atom stereocenters. The summed E-state index contributed by atoms with van der Waals surface area (Å²) in [5, 5.41) is 1.27. The molecule has 0 N–H and O–H groups in total. The number of hydrogen-bond donors (Lipinski definition) is 0. The molecular weight excluding hydrogens is 263 g/mol. The predicted molar refractivity (Wildman–Crippen MR) is 77.8 cm³/mol. The van der Waals surface area contributed by atoms with Gasteiger partial charge < -0.3 is 0 Å². The lowest BCUT2D eigenvalue weighted by atomic mass is 9.93. The van der Waals surface area contributed by atoms with Gasteiger partial charge in [-0.15, -0.1) is 0 Å². The van der Waals surface area contributed by atoms with Gasteiger partial charge in [-0.25, -0.2) is 0 Å². The quantitative estimate of drug-likeness (QED) is 0.633. The molecule has 1 aliphatic rings. The summed E-state index contributed by atoms with van der Waals surface area (Å²) in [6, 6.07) is 14.7. The van der Waals surface area contributed by atoms with E-state index in [0.29, 0.717) is 21.9 Å². The summed E-state index contributed by atoms with van der Waals surface area (Å²) in [5.41, 5.74) is 4.16. The monoisotopic (exact) mass is 276 g/mol. The fourth-order valence-corrected chi connectivity index (χ4v) is 3.24. The van der Waals surface area contributed by atoms with Crippen molar-refractivity contribution in [2.24, 2.45) is 0 Å². The lowest BCUT2D eigenvalue weighted by molar-refractivity contribution is 0.686. The highest BCUT2D eigenvalue weighted by Gasteiger charge is 2.28. The summed E-state index contributed by atoms with van der Waals surface area (Å²) in [6.45, 7) is 2.29. The van der Waals surface area contributed by atoms with Crippen LogP contribution in [0.15, 0.2) is 42.5 Å². The molecule has 0 saturated heterocycles. The van der Waals surface area contributed by atoms with Gasteiger partial charge in [0.2, 0.25) is 0 Å². The van der Waals surface area contributed by atoms with Gasteiger partial charge in [0, 0.05) is 5.92 Å². The molecule has 0 aliphatic heterocycles. The molecule has 0 heterocycles. The number of hydrogen-bond acceptors (Lipinski definition) is 0. The molecule has 0 nitrogen and oxygen atoms in total. The molecule has 3 rings (SSSR count). The maximum absolute atomic E-state index is 6.12. The third-order valence-corrected chi connectivity index (χ3v) is 4.58. The molecule has 0 fully saturated rings. The molecule has 0 radical (unpaired) electrons. The van der Waals surface area contributed by atoms with Gasteiger partial charge in [-0.1, -0.05) is 60.5 Å². The molecule has 18 heavy (non-hydrogen) atoms. The Kier molecular flexibility index (Phi) is 3.09. The predicted octanol–water partition coefficient (Wildman–Crippen LogP) is 5.63.